The Morgan fingerprint density at radius 2 is 1.83 bits per heavy atom. The van der Waals surface area contributed by atoms with Crippen LogP contribution in [0.15, 0.2) is 24.3 Å². The molecule has 1 rings (SSSR count). The summed E-state index contributed by atoms with van der Waals surface area (Å²) < 4.78 is 0. The summed E-state index contributed by atoms with van der Waals surface area (Å²) in [4.78, 5) is 0. The second-order valence-corrected chi connectivity index (χ2v) is 2.61. The Balaban J connectivity index is 0.00000121. The molecule has 0 aliphatic rings. The fraction of sp³-hybridized carbons (Fsp3) is 0.333. The Morgan fingerprint density at radius 3 is 2.25 bits per heavy atom. The first kappa shape index (κ1) is 11.3. The summed E-state index contributed by atoms with van der Waals surface area (Å²) in [5.74, 6) is 0.289. The van der Waals surface area contributed by atoms with E-state index in [0.29, 0.717) is 0 Å². The molecule has 0 saturated carbocycles. The number of halogens is 1. The van der Waals surface area contributed by atoms with Crippen LogP contribution in [0.2, 0.25) is 0 Å². The number of phenolic OH excluding ortho intramolecular Hbond substituents is 1. The van der Waals surface area contributed by atoms with Gasteiger partial charge in [-0.3, -0.25) is 0 Å². The average Bonchev–Trinajstić information content (AvgIpc) is 2.05. The quantitative estimate of drug-likeness (QED) is 0.746. The van der Waals surface area contributed by atoms with E-state index in [1.54, 1.807) is 12.1 Å². The second kappa shape index (κ2) is 5.01. The van der Waals surface area contributed by atoms with Gasteiger partial charge in [0, 0.05) is 6.04 Å². The van der Waals surface area contributed by atoms with Crippen LogP contribution in [-0.4, -0.2) is 5.11 Å². The molecule has 3 N–H and O–H groups in total. The molecule has 12 heavy (non-hydrogen) atoms. The van der Waals surface area contributed by atoms with Crippen molar-refractivity contribution in [3.63, 3.8) is 0 Å². The number of phenols is 1. The van der Waals surface area contributed by atoms with E-state index >= 15 is 0 Å². The van der Waals surface area contributed by atoms with Crippen molar-refractivity contribution in [1.29, 1.82) is 0 Å². The standard InChI is InChI=1S/C9H13NO.ClH/c1-2-9(10)7-3-5-8(11)6-4-7;/h3-6,9,11H,2,10H2,1H3;1H/t9-;/m1./s1. The number of nitrogens with two attached hydrogens (primary N) is 1. The number of benzene rings is 1. The Hall–Kier alpha value is -0.730. The lowest BCUT2D eigenvalue weighted by molar-refractivity contribution is 0.475. The highest BCUT2D eigenvalue weighted by molar-refractivity contribution is 5.85. The third kappa shape index (κ3) is 2.72. The van der Waals surface area contributed by atoms with E-state index < -0.39 is 0 Å². The van der Waals surface area contributed by atoms with Gasteiger partial charge in [0.2, 0.25) is 0 Å². The molecule has 3 heteroatoms. The zero-order chi connectivity index (χ0) is 8.27. The average molecular weight is 188 g/mol. The van der Waals surface area contributed by atoms with Gasteiger partial charge in [-0.2, -0.15) is 0 Å². The van der Waals surface area contributed by atoms with Crippen molar-refractivity contribution < 1.29 is 5.11 Å². The molecule has 0 aliphatic carbocycles. The van der Waals surface area contributed by atoms with E-state index in [-0.39, 0.29) is 24.2 Å². The Morgan fingerprint density at radius 1 is 1.33 bits per heavy atom. The van der Waals surface area contributed by atoms with Gasteiger partial charge in [0.15, 0.2) is 0 Å². The van der Waals surface area contributed by atoms with Crippen LogP contribution in [0.5, 0.6) is 5.75 Å². The minimum atomic E-state index is 0. The van der Waals surface area contributed by atoms with Gasteiger partial charge in [-0.1, -0.05) is 19.1 Å². The van der Waals surface area contributed by atoms with Gasteiger partial charge in [0.05, 0.1) is 0 Å². The third-order valence-corrected chi connectivity index (χ3v) is 1.76. The lowest BCUT2D eigenvalue weighted by atomic mass is 10.1. The summed E-state index contributed by atoms with van der Waals surface area (Å²) in [7, 11) is 0. The van der Waals surface area contributed by atoms with Crippen molar-refractivity contribution >= 4 is 12.4 Å². The van der Waals surface area contributed by atoms with Gasteiger partial charge in [-0.25, -0.2) is 0 Å². The summed E-state index contributed by atoms with van der Waals surface area (Å²) in [6.45, 7) is 2.04. The predicted octanol–water partition coefficient (Wildman–Crippen LogP) is 2.22. The molecule has 2 nitrogen and oxygen atoms in total. The van der Waals surface area contributed by atoms with Crippen molar-refractivity contribution in [2.45, 2.75) is 19.4 Å². The SMILES string of the molecule is CC[C@@H](N)c1ccc(O)cc1.Cl. The molecule has 0 aliphatic heterocycles. The van der Waals surface area contributed by atoms with Crippen LogP contribution in [0.4, 0.5) is 0 Å². The number of aromatic hydroxyl groups is 1. The Labute approximate surface area is 78.8 Å². The lowest BCUT2D eigenvalue weighted by Crippen LogP contribution is -2.07. The minimum absolute atomic E-state index is 0. The number of hydrogen-bond donors (Lipinski definition) is 2. The normalized spacial score (nSPS) is 11.8. The van der Waals surface area contributed by atoms with E-state index in [4.69, 9.17) is 10.8 Å². The van der Waals surface area contributed by atoms with E-state index in [0.717, 1.165) is 12.0 Å². The largest absolute Gasteiger partial charge is 0.508 e. The monoisotopic (exact) mass is 187 g/mol. The molecule has 0 spiro atoms. The first-order valence-corrected chi connectivity index (χ1v) is 3.78. The first-order valence-electron chi connectivity index (χ1n) is 3.78. The molecule has 0 unspecified atom stereocenters. The maximum Gasteiger partial charge on any atom is 0.115 e. The zero-order valence-corrected chi connectivity index (χ0v) is 7.84. The highest BCUT2D eigenvalue weighted by Crippen LogP contribution is 2.16. The molecule has 1 atom stereocenters. The predicted molar refractivity (Wildman–Crippen MR) is 52.6 cm³/mol. The molecular formula is C9H14ClNO. The van der Waals surface area contributed by atoms with Crippen LogP contribution >= 0.6 is 12.4 Å². The fourth-order valence-electron chi connectivity index (χ4n) is 0.957. The van der Waals surface area contributed by atoms with Crippen LogP contribution in [0.1, 0.15) is 24.9 Å². The Kier molecular flexibility index (Phi) is 4.71. The molecule has 0 radical (unpaired) electrons. The van der Waals surface area contributed by atoms with Crippen molar-refractivity contribution in [3.8, 4) is 5.75 Å². The molecule has 0 saturated heterocycles. The molecule has 0 aromatic heterocycles. The van der Waals surface area contributed by atoms with Gasteiger partial charge in [-0.05, 0) is 24.1 Å². The Bertz CT molecular complexity index is 222. The topological polar surface area (TPSA) is 46.2 Å². The van der Waals surface area contributed by atoms with E-state index in [1.807, 2.05) is 19.1 Å². The smallest absolute Gasteiger partial charge is 0.115 e. The van der Waals surface area contributed by atoms with Crippen LogP contribution in [0.3, 0.4) is 0 Å². The van der Waals surface area contributed by atoms with Crippen LogP contribution in [0, 0.1) is 0 Å². The number of hydrogen-bond acceptors (Lipinski definition) is 2. The van der Waals surface area contributed by atoms with Gasteiger partial charge in [-0.15, -0.1) is 12.4 Å². The second-order valence-electron chi connectivity index (χ2n) is 2.61. The molecular weight excluding hydrogens is 174 g/mol. The van der Waals surface area contributed by atoms with Crippen molar-refractivity contribution in [1.82, 2.24) is 0 Å². The van der Waals surface area contributed by atoms with E-state index in [9.17, 15) is 0 Å². The molecule has 0 amide bonds. The first-order chi connectivity index (χ1) is 5.24. The highest BCUT2D eigenvalue weighted by atomic mass is 35.5. The van der Waals surface area contributed by atoms with Gasteiger partial charge in [0.1, 0.15) is 5.75 Å². The van der Waals surface area contributed by atoms with Crippen molar-refractivity contribution in [3.05, 3.63) is 29.8 Å². The van der Waals surface area contributed by atoms with Crippen molar-refractivity contribution in [2.24, 2.45) is 5.73 Å². The maximum absolute atomic E-state index is 8.97. The zero-order valence-electron chi connectivity index (χ0n) is 7.03. The summed E-state index contributed by atoms with van der Waals surface area (Å²) in [5, 5.41) is 8.97. The van der Waals surface area contributed by atoms with Crippen LogP contribution < -0.4 is 5.73 Å². The number of rotatable bonds is 2. The summed E-state index contributed by atoms with van der Waals surface area (Å²) in [6.07, 6.45) is 0.921. The van der Waals surface area contributed by atoms with Gasteiger partial charge in [0.25, 0.3) is 0 Å². The molecule has 1 aromatic rings. The molecule has 0 bridgehead atoms. The molecule has 0 heterocycles. The van der Waals surface area contributed by atoms with E-state index in [1.165, 1.54) is 0 Å². The van der Waals surface area contributed by atoms with Gasteiger partial charge >= 0.3 is 0 Å². The maximum atomic E-state index is 8.97. The summed E-state index contributed by atoms with van der Waals surface area (Å²) >= 11 is 0. The highest BCUT2D eigenvalue weighted by Gasteiger charge is 2.01. The summed E-state index contributed by atoms with van der Waals surface area (Å²) in [6, 6.07) is 7.11. The van der Waals surface area contributed by atoms with Crippen molar-refractivity contribution in [2.75, 3.05) is 0 Å². The van der Waals surface area contributed by atoms with Crippen LogP contribution in [-0.2, 0) is 0 Å². The van der Waals surface area contributed by atoms with E-state index in [2.05, 4.69) is 0 Å². The molecule has 1 aromatic carbocycles. The third-order valence-electron chi connectivity index (χ3n) is 1.76. The molecule has 68 valence electrons. The van der Waals surface area contributed by atoms with Crippen LogP contribution in [0.25, 0.3) is 0 Å². The fourth-order valence-corrected chi connectivity index (χ4v) is 0.957. The van der Waals surface area contributed by atoms with Gasteiger partial charge < -0.3 is 10.8 Å². The lowest BCUT2D eigenvalue weighted by Gasteiger charge is -2.07. The summed E-state index contributed by atoms with van der Waals surface area (Å²) in [5.41, 5.74) is 6.84. The molecule has 0 fully saturated rings. The minimum Gasteiger partial charge on any atom is -0.508 e.